The molecule has 0 spiro atoms. The van der Waals surface area contributed by atoms with Gasteiger partial charge in [-0.15, -0.1) is 0 Å². The number of aromatic nitrogens is 5. The first kappa shape index (κ1) is 15.4. The standard InChI is InChI=1S/C17H15N5O2S/c1-2-21-9-18-15-12(21)4-3-5-13(15)22-16(19-20-17(22)25)11-7-6-10(23)8-14(11)24/h3-9,23-24H,2H2,1H3,(H,20,25). The number of imidazole rings is 1. The molecule has 4 aromatic rings. The van der Waals surface area contributed by atoms with Gasteiger partial charge in [0.15, 0.2) is 10.6 Å². The predicted molar refractivity (Wildman–Crippen MR) is 96.5 cm³/mol. The van der Waals surface area contributed by atoms with E-state index < -0.39 is 0 Å². The molecule has 0 unspecified atom stereocenters. The van der Waals surface area contributed by atoms with E-state index in [0.29, 0.717) is 16.2 Å². The van der Waals surface area contributed by atoms with Gasteiger partial charge in [0.2, 0.25) is 0 Å². The maximum atomic E-state index is 10.2. The summed E-state index contributed by atoms with van der Waals surface area (Å²) < 4.78 is 4.16. The minimum atomic E-state index is -0.0819. The van der Waals surface area contributed by atoms with Crippen LogP contribution in [0.25, 0.3) is 28.1 Å². The average molecular weight is 353 g/mol. The van der Waals surface area contributed by atoms with E-state index in [0.717, 1.165) is 23.3 Å². The summed E-state index contributed by atoms with van der Waals surface area (Å²) in [7, 11) is 0. The third-order valence-corrected chi connectivity index (χ3v) is 4.38. The number of aromatic hydroxyl groups is 2. The SMILES string of the molecule is CCn1cnc2c(-n3c(-c4ccc(O)cc4O)n[nH]c3=S)cccc21. The summed E-state index contributed by atoms with van der Waals surface area (Å²) >= 11 is 5.40. The molecule has 0 saturated carbocycles. The zero-order valence-electron chi connectivity index (χ0n) is 13.3. The molecule has 8 heteroatoms. The number of para-hydroxylation sites is 1. The molecule has 2 aromatic heterocycles. The van der Waals surface area contributed by atoms with Crippen molar-refractivity contribution in [3.05, 3.63) is 47.5 Å². The molecule has 0 aliphatic carbocycles. The van der Waals surface area contributed by atoms with Crippen LogP contribution in [0.15, 0.2) is 42.7 Å². The molecule has 25 heavy (non-hydrogen) atoms. The number of fused-ring (bicyclic) bond motifs is 1. The second-order valence-electron chi connectivity index (χ2n) is 5.56. The minimum Gasteiger partial charge on any atom is -0.508 e. The van der Waals surface area contributed by atoms with Crippen LogP contribution in [-0.2, 0) is 6.54 Å². The molecular weight excluding hydrogens is 338 g/mol. The Morgan fingerprint density at radius 1 is 1.20 bits per heavy atom. The lowest BCUT2D eigenvalue weighted by Gasteiger charge is -2.09. The molecule has 0 atom stereocenters. The van der Waals surface area contributed by atoms with E-state index in [1.165, 1.54) is 12.1 Å². The van der Waals surface area contributed by atoms with Gasteiger partial charge in [0.1, 0.15) is 17.0 Å². The Morgan fingerprint density at radius 3 is 2.80 bits per heavy atom. The topological polar surface area (TPSA) is 91.9 Å². The molecule has 4 rings (SSSR count). The Labute approximate surface area is 147 Å². The number of rotatable bonds is 3. The summed E-state index contributed by atoms with van der Waals surface area (Å²) in [6.07, 6.45) is 1.79. The maximum Gasteiger partial charge on any atom is 0.200 e. The number of phenolic OH excluding ortho intramolecular Hbond substituents is 2. The van der Waals surface area contributed by atoms with Crippen molar-refractivity contribution in [3.63, 3.8) is 0 Å². The van der Waals surface area contributed by atoms with E-state index in [9.17, 15) is 10.2 Å². The highest BCUT2D eigenvalue weighted by Crippen LogP contribution is 2.33. The average Bonchev–Trinajstić information content (AvgIpc) is 3.18. The van der Waals surface area contributed by atoms with Gasteiger partial charge in [-0.25, -0.2) is 4.98 Å². The van der Waals surface area contributed by atoms with Crippen LogP contribution in [0.2, 0.25) is 0 Å². The van der Waals surface area contributed by atoms with Crippen molar-refractivity contribution >= 4 is 23.3 Å². The van der Waals surface area contributed by atoms with Gasteiger partial charge in [-0.3, -0.25) is 9.67 Å². The third kappa shape index (κ3) is 2.38. The summed E-state index contributed by atoms with van der Waals surface area (Å²) in [5.74, 6) is 0.341. The molecule has 2 aromatic carbocycles. The van der Waals surface area contributed by atoms with Crippen LogP contribution in [0.4, 0.5) is 0 Å². The molecule has 0 saturated heterocycles. The van der Waals surface area contributed by atoms with Crippen molar-refractivity contribution < 1.29 is 10.2 Å². The number of hydrogen-bond donors (Lipinski definition) is 3. The molecule has 0 aliphatic heterocycles. The van der Waals surface area contributed by atoms with Gasteiger partial charge in [0.25, 0.3) is 0 Å². The van der Waals surface area contributed by atoms with Crippen LogP contribution in [0, 0.1) is 4.77 Å². The molecule has 126 valence electrons. The van der Waals surface area contributed by atoms with Crippen LogP contribution in [0.1, 0.15) is 6.92 Å². The molecular formula is C17H15N5O2S. The van der Waals surface area contributed by atoms with Crippen molar-refractivity contribution in [1.82, 2.24) is 24.3 Å². The van der Waals surface area contributed by atoms with Gasteiger partial charge >= 0.3 is 0 Å². The van der Waals surface area contributed by atoms with Gasteiger partial charge < -0.3 is 14.8 Å². The van der Waals surface area contributed by atoms with Crippen LogP contribution in [0.5, 0.6) is 11.5 Å². The fraction of sp³-hybridized carbons (Fsp3) is 0.118. The monoisotopic (exact) mass is 353 g/mol. The molecule has 0 radical (unpaired) electrons. The maximum absolute atomic E-state index is 10.2. The Kier molecular flexibility index (Phi) is 3.54. The molecule has 2 heterocycles. The molecule has 0 bridgehead atoms. The lowest BCUT2D eigenvalue weighted by Crippen LogP contribution is -1.99. The number of H-pyrrole nitrogens is 1. The number of nitrogens with zero attached hydrogens (tertiary/aromatic N) is 4. The molecule has 7 nitrogen and oxygen atoms in total. The van der Waals surface area contributed by atoms with E-state index >= 15 is 0 Å². The number of aromatic amines is 1. The van der Waals surface area contributed by atoms with E-state index in [2.05, 4.69) is 22.1 Å². The second kappa shape index (κ2) is 5.75. The quantitative estimate of drug-likeness (QED) is 0.491. The summed E-state index contributed by atoms with van der Waals surface area (Å²) in [5.41, 5.74) is 3.01. The largest absolute Gasteiger partial charge is 0.508 e. The predicted octanol–water partition coefficient (Wildman–Crippen LogP) is 3.38. The lowest BCUT2D eigenvalue weighted by molar-refractivity contribution is 0.451. The minimum absolute atomic E-state index is 0.0225. The van der Waals surface area contributed by atoms with E-state index in [1.807, 2.05) is 22.8 Å². The first-order valence-electron chi connectivity index (χ1n) is 7.74. The molecule has 0 aliphatic rings. The highest BCUT2D eigenvalue weighted by atomic mass is 32.1. The second-order valence-corrected chi connectivity index (χ2v) is 5.95. The highest BCUT2D eigenvalue weighted by molar-refractivity contribution is 7.71. The smallest absolute Gasteiger partial charge is 0.200 e. The van der Waals surface area contributed by atoms with Gasteiger partial charge in [0, 0.05) is 12.6 Å². The van der Waals surface area contributed by atoms with Crippen molar-refractivity contribution in [2.75, 3.05) is 0 Å². The zero-order valence-corrected chi connectivity index (χ0v) is 14.2. The Hall–Kier alpha value is -3.13. The van der Waals surface area contributed by atoms with E-state index in [1.54, 1.807) is 17.0 Å². The molecule has 0 amide bonds. The lowest BCUT2D eigenvalue weighted by atomic mass is 10.1. The first-order chi connectivity index (χ1) is 12.1. The summed E-state index contributed by atoms with van der Waals surface area (Å²) in [6.45, 7) is 2.86. The highest BCUT2D eigenvalue weighted by Gasteiger charge is 2.17. The summed E-state index contributed by atoms with van der Waals surface area (Å²) in [4.78, 5) is 4.51. The van der Waals surface area contributed by atoms with Crippen LogP contribution in [-0.4, -0.2) is 34.5 Å². The number of nitrogens with one attached hydrogen (secondary N) is 1. The Morgan fingerprint density at radius 2 is 2.04 bits per heavy atom. The Balaban J connectivity index is 2.01. The van der Waals surface area contributed by atoms with Crippen molar-refractivity contribution in [3.8, 4) is 28.6 Å². The number of hydrogen-bond acceptors (Lipinski definition) is 5. The van der Waals surface area contributed by atoms with Crippen LogP contribution >= 0.6 is 12.2 Å². The molecule has 0 fully saturated rings. The first-order valence-corrected chi connectivity index (χ1v) is 8.15. The number of benzene rings is 2. The fourth-order valence-electron chi connectivity index (χ4n) is 2.92. The summed E-state index contributed by atoms with van der Waals surface area (Å²) in [6, 6.07) is 10.2. The van der Waals surface area contributed by atoms with Crippen molar-refractivity contribution in [1.29, 1.82) is 0 Å². The van der Waals surface area contributed by atoms with Gasteiger partial charge in [-0.05, 0) is 43.4 Å². The normalized spacial score (nSPS) is 11.2. The van der Waals surface area contributed by atoms with E-state index in [-0.39, 0.29) is 11.5 Å². The third-order valence-electron chi connectivity index (χ3n) is 4.11. The zero-order chi connectivity index (χ0) is 17.6. The Bertz CT molecular complexity index is 1140. The summed E-state index contributed by atoms with van der Waals surface area (Å²) in [5, 5.41) is 26.7. The van der Waals surface area contributed by atoms with Crippen molar-refractivity contribution in [2.24, 2.45) is 0 Å². The molecule has 3 N–H and O–H groups in total. The van der Waals surface area contributed by atoms with E-state index in [4.69, 9.17) is 12.2 Å². The van der Waals surface area contributed by atoms with Crippen LogP contribution in [0.3, 0.4) is 0 Å². The van der Waals surface area contributed by atoms with Gasteiger partial charge in [-0.1, -0.05) is 6.07 Å². The van der Waals surface area contributed by atoms with Gasteiger partial charge in [0.05, 0.1) is 23.1 Å². The number of aryl methyl sites for hydroxylation is 1. The number of phenols is 2. The fourth-order valence-corrected chi connectivity index (χ4v) is 3.15. The van der Waals surface area contributed by atoms with Crippen molar-refractivity contribution in [2.45, 2.75) is 13.5 Å². The van der Waals surface area contributed by atoms with Gasteiger partial charge in [-0.2, -0.15) is 5.10 Å². The van der Waals surface area contributed by atoms with Crippen LogP contribution < -0.4 is 0 Å².